The van der Waals surface area contributed by atoms with Crippen LogP contribution in [0.5, 0.6) is 5.75 Å². The van der Waals surface area contributed by atoms with E-state index in [1.54, 1.807) is 12.1 Å². The van der Waals surface area contributed by atoms with Crippen LogP contribution in [0.2, 0.25) is 0 Å². The molecule has 0 aliphatic heterocycles. The lowest BCUT2D eigenvalue weighted by Crippen LogP contribution is -2.57. The molecule has 0 bridgehead atoms. The molecule has 5 atom stereocenters. The van der Waals surface area contributed by atoms with Crippen LogP contribution in [0.25, 0.3) is 0 Å². The first kappa shape index (κ1) is 29.4. The van der Waals surface area contributed by atoms with Gasteiger partial charge < -0.3 is 37.6 Å². The van der Waals surface area contributed by atoms with E-state index >= 15 is 0 Å². The summed E-state index contributed by atoms with van der Waals surface area (Å²) in [5, 5.41) is 26.1. The molecule has 0 saturated carbocycles. The number of primary amides is 1. The van der Waals surface area contributed by atoms with Crippen molar-refractivity contribution in [1.29, 1.82) is 0 Å². The molecule has 0 heterocycles. The van der Waals surface area contributed by atoms with Gasteiger partial charge in [-0.2, -0.15) is 0 Å². The van der Waals surface area contributed by atoms with Gasteiger partial charge in [0.1, 0.15) is 23.9 Å². The normalized spacial score (nSPS) is 15.1. The zero-order chi connectivity index (χ0) is 26.7. The number of hydrogen-bond donors (Lipinski definition) is 7. The second-order valence-electron chi connectivity index (χ2n) is 8.48. The number of carbonyl (C=O) groups is 5. The SMILES string of the molecule is CCC(C)C(N)C(=O)NC(Cc1ccc(O)cc1)C(=O)NC(C)C(=O)NC(CCC(N)=O)C(=O)O. The first-order chi connectivity index (χ1) is 16.3. The van der Waals surface area contributed by atoms with Gasteiger partial charge in [0.05, 0.1) is 6.04 Å². The van der Waals surface area contributed by atoms with Gasteiger partial charge in [-0.15, -0.1) is 0 Å². The first-order valence-electron chi connectivity index (χ1n) is 11.3. The molecule has 12 heteroatoms. The molecular weight excluding hydrogens is 458 g/mol. The zero-order valence-electron chi connectivity index (χ0n) is 20.1. The Labute approximate surface area is 203 Å². The highest BCUT2D eigenvalue weighted by molar-refractivity contribution is 5.94. The van der Waals surface area contributed by atoms with Crippen LogP contribution in [0.15, 0.2) is 24.3 Å². The highest BCUT2D eigenvalue weighted by Crippen LogP contribution is 2.12. The van der Waals surface area contributed by atoms with E-state index in [1.165, 1.54) is 19.1 Å². The number of rotatable bonds is 14. The van der Waals surface area contributed by atoms with Gasteiger partial charge in [-0.3, -0.25) is 19.2 Å². The Kier molecular flexibility index (Phi) is 11.7. The molecule has 0 aliphatic rings. The molecule has 5 unspecified atom stereocenters. The van der Waals surface area contributed by atoms with E-state index in [-0.39, 0.29) is 30.9 Å². The number of phenols is 1. The number of aromatic hydroxyl groups is 1. The lowest BCUT2D eigenvalue weighted by Gasteiger charge is -2.25. The van der Waals surface area contributed by atoms with Gasteiger partial charge in [0.15, 0.2) is 0 Å². The quantitative estimate of drug-likeness (QED) is 0.172. The molecule has 0 aliphatic carbocycles. The van der Waals surface area contributed by atoms with E-state index < -0.39 is 53.8 Å². The Bertz CT molecular complexity index is 906. The Balaban J connectivity index is 2.94. The fraction of sp³-hybridized carbons (Fsp3) is 0.522. The summed E-state index contributed by atoms with van der Waals surface area (Å²) in [5.74, 6) is -4.18. The molecule has 4 amide bonds. The summed E-state index contributed by atoms with van der Waals surface area (Å²) in [6.07, 6.45) is 0.260. The molecule has 1 aromatic carbocycles. The monoisotopic (exact) mass is 493 g/mol. The van der Waals surface area contributed by atoms with Crippen molar-refractivity contribution in [3.63, 3.8) is 0 Å². The van der Waals surface area contributed by atoms with E-state index in [1.807, 2.05) is 13.8 Å². The van der Waals surface area contributed by atoms with E-state index in [0.717, 1.165) is 0 Å². The smallest absolute Gasteiger partial charge is 0.326 e. The summed E-state index contributed by atoms with van der Waals surface area (Å²) in [6.45, 7) is 5.04. The van der Waals surface area contributed by atoms with E-state index in [2.05, 4.69) is 16.0 Å². The predicted octanol–water partition coefficient (Wildman–Crippen LogP) is -0.867. The number of carboxylic acids is 1. The lowest BCUT2D eigenvalue weighted by molar-refractivity contribution is -0.142. The number of carboxylic acid groups (broad SMARTS) is 1. The average molecular weight is 494 g/mol. The summed E-state index contributed by atoms with van der Waals surface area (Å²) >= 11 is 0. The van der Waals surface area contributed by atoms with Crippen molar-refractivity contribution in [2.45, 2.75) is 70.6 Å². The first-order valence-corrected chi connectivity index (χ1v) is 11.3. The third-order valence-corrected chi connectivity index (χ3v) is 5.61. The van der Waals surface area contributed by atoms with Gasteiger partial charge in [-0.05, 0) is 37.0 Å². The molecule has 194 valence electrons. The number of nitrogens with two attached hydrogens (primary N) is 2. The maximum absolute atomic E-state index is 13.0. The third-order valence-electron chi connectivity index (χ3n) is 5.61. The van der Waals surface area contributed by atoms with Gasteiger partial charge >= 0.3 is 5.97 Å². The minimum absolute atomic E-state index is 0.0344. The summed E-state index contributed by atoms with van der Waals surface area (Å²) in [5.41, 5.74) is 11.7. The van der Waals surface area contributed by atoms with Gasteiger partial charge in [-0.25, -0.2) is 4.79 Å². The number of amides is 4. The fourth-order valence-corrected chi connectivity index (χ4v) is 3.08. The number of phenolic OH excluding ortho intramolecular Hbond substituents is 1. The fourth-order valence-electron chi connectivity index (χ4n) is 3.08. The van der Waals surface area contributed by atoms with Crippen molar-refractivity contribution in [3.05, 3.63) is 29.8 Å². The van der Waals surface area contributed by atoms with Crippen molar-refractivity contribution >= 4 is 29.6 Å². The number of nitrogens with one attached hydrogen (secondary N) is 3. The summed E-state index contributed by atoms with van der Waals surface area (Å²) in [6, 6.07) is 1.58. The van der Waals surface area contributed by atoms with E-state index in [4.69, 9.17) is 11.5 Å². The lowest BCUT2D eigenvalue weighted by atomic mass is 9.98. The summed E-state index contributed by atoms with van der Waals surface area (Å²) in [7, 11) is 0. The number of carbonyl (C=O) groups excluding carboxylic acids is 4. The van der Waals surface area contributed by atoms with Crippen LogP contribution in [0.1, 0.15) is 45.6 Å². The van der Waals surface area contributed by atoms with Crippen molar-refractivity contribution < 1.29 is 34.2 Å². The summed E-state index contributed by atoms with van der Waals surface area (Å²) < 4.78 is 0. The molecule has 0 fully saturated rings. The van der Waals surface area contributed by atoms with Crippen LogP contribution in [0, 0.1) is 5.92 Å². The molecule has 1 aromatic rings. The Morgan fingerprint density at radius 2 is 1.49 bits per heavy atom. The molecule has 9 N–H and O–H groups in total. The van der Waals surface area contributed by atoms with Crippen LogP contribution in [-0.4, -0.2) is 64.0 Å². The molecular formula is C23H35N5O7. The average Bonchev–Trinajstić information content (AvgIpc) is 2.80. The van der Waals surface area contributed by atoms with Crippen LogP contribution < -0.4 is 27.4 Å². The van der Waals surface area contributed by atoms with Crippen LogP contribution in [-0.2, 0) is 30.4 Å². The predicted molar refractivity (Wildman–Crippen MR) is 127 cm³/mol. The molecule has 0 saturated heterocycles. The van der Waals surface area contributed by atoms with E-state index in [9.17, 15) is 34.2 Å². The highest BCUT2D eigenvalue weighted by Gasteiger charge is 2.29. The van der Waals surface area contributed by atoms with Crippen molar-refractivity contribution in [3.8, 4) is 5.75 Å². The molecule has 1 rings (SSSR count). The van der Waals surface area contributed by atoms with E-state index in [0.29, 0.717) is 12.0 Å². The van der Waals surface area contributed by atoms with Crippen LogP contribution in [0.4, 0.5) is 0 Å². The summed E-state index contributed by atoms with van der Waals surface area (Å²) in [4.78, 5) is 60.4. The maximum atomic E-state index is 13.0. The van der Waals surface area contributed by atoms with Crippen molar-refractivity contribution in [2.24, 2.45) is 17.4 Å². The van der Waals surface area contributed by atoms with Crippen molar-refractivity contribution in [2.75, 3.05) is 0 Å². The molecule has 12 nitrogen and oxygen atoms in total. The molecule has 0 radical (unpaired) electrons. The van der Waals surface area contributed by atoms with Crippen LogP contribution in [0.3, 0.4) is 0 Å². The van der Waals surface area contributed by atoms with Gasteiger partial charge in [-0.1, -0.05) is 32.4 Å². The number of benzene rings is 1. The standard InChI is InChI=1S/C23H35N5O7/c1-4-12(2)19(25)22(33)28-17(11-14-5-7-15(29)8-6-14)21(32)26-13(3)20(31)27-16(23(34)35)9-10-18(24)30/h5-8,12-13,16-17,19,29H,4,9-11,25H2,1-3H3,(H2,24,30)(H,26,32)(H,27,31)(H,28,33)(H,34,35). The Hall–Kier alpha value is -3.67. The second-order valence-corrected chi connectivity index (χ2v) is 8.48. The topological polar surface area (TPSA) is 214 Å². The Morgan fingerprint density at radius 3 is 2.00 bits per heavy atom. The third kappa shape index (κ3) is 10.0. The minimum atomic E-state index is -1.37. The van der Waals surface area contributed by atoms with Gasteiger partial charge in [0.2, 0.25) is 23.6 Å². The second kappa shape index (κ2) is 13.9. The molecule has 0 aromatic heterocycles. The minimum Gasteiger partial charge on any atom is -0.508 e. The number of aliphatic carboxylic acids is 1. The largest absolute Gasteiger partial charge is 0.508 e. The zero-order valence-corrected chi connectivity index (χ0v) is 20.1. The Morgan fingerprint density at radius 1 is 0.914 bits per heavy atom. The van der Waals surface area contributed by atoms with Gasteiger partial charge in [0, 0.05) is 12.8 Å². The van der Waals surface area contributed by atoms with Crippen LogP contribution >= 0.6 is 0 Å². The molecule has 0 spiro atoms. The van der Waals surface area contributed by atoms with Crippen molar-refractivity contribution in [1.82, 2.24) is 16.0 Å². The highest BCUT2D eigenvalue weighted by atomic mass is 16.4. The number of hydrogen-bond acceptors (Lipinski definition) is 7. The van der Waals surface area contributed by atoms with Gasteiger partial charge in [0.25, 0.3) is 0 Å². The maximum Gasteiger partial charge on any atom is 0.326 e. The molecule has 35 heavy (non-hydrogen) atoms.